The number of rotatable bonds is 5. The van der Waals surface area contributed by atoms with Crippen molar-refractivity contribution in [2.45, 2.75) is 38.2 Å². The van der Waals surface area contributed by atoms with Gasteiger partial charge in [-0.25, -0.2) is 0 Å². The number of nitrogens with zero attached hydrogens (tertiary/aromatic N) is 1. The van der Waals surface area contributed by atoms with Crippen LogP contribution in [0.1, 0.15) is 52.7 Å². The molecule has 1 atom stereocenters. The molecule has 2 aliphatic carbocycles. The van der Waals surface area contributed by atoms with Gasteiger partial charge in [0, 0.05) is 23.2 Å². The largest absolute Gasteiger partial charge is 0.388 e. The van der Waals surface area contributed by atoms with Gasteiger partial charge in [0.15, 0.2) is 5.69 Å². The van der Waals surface area contributed by atoms with Crippen LogP contribution < -0.4 is 5.32 Å². The van der Waals surface area contributed by atoms with Crippen LogP contribution in [-0.2, 0) is 12.8 Å². The van der Waals surface area contributed by atoms with Gasteiger partial charge in [-0.2, -0.15) is 5.10 Å². The summed E-state index contributed by atoms with van der Waals surface area (Å²) >= 11 is 0. The first kappa shape index (κ1) is 14.5. The summed E-state index contributed by atoms with van der Waals surface area (Å²) in [6.07, 6.45) is 4.32. The Morgan fingerprint density at radius 2 is 2.09 bits per heavy atom. The molecule has 1 aromatic heterocycles. The standard InChI is InChI=1S/C18H21N3O2/c22-16(12-5-2-1-3-6-12)18(9-10-18)11-19-17(23)15-13-7-4-8-14(13)20-21-15/h1-3,5-6,16,22H,4,7-11H2,(H,19,23)(H,20,21). The molecule has 1 unspecified atom stereocenters. The van der Waals surface area contributed by atoms with Crippen LogP contribution in [0.4, 0.5) is 0 Å². The molecule has 0 bridgehead atoms. The highest BCUT2D eigenvalue weighted by atomic mass is 16.3. The van der Waals surface area contributed by atoms with E-state index < -0.39 is 6.10 Å². The minimum absolute atomic E-state index is 0.129. The Labute approximate surface area is 135 Å². The summed E-state index contributed by atoms with van der Waals surface area (Å²) in [6.45, 7) is 0.490. The molecule has 1 fully saturated rings. The molecule has 0 saturated heterocycles. The molecule has 5 heteroatoms. The first-order valence-corrected chi connectivity index (χ1v) is 8.27. The second-order valence-electron chi connectivity index (χ2n) is 6.74. The Bertz CT molecular complexity index is 719. The van der Waals surface area contributed by atoms with Crippen LogP contribution in [0.3, 0.4) is 0 Å². The molecule has 0 radical (unpaired) electrons. The Kier molecular flexibility index (Phi) is 3.45. The van der Waals surface area contributed by atoms with E-state index in [1.165, 1.54) is 0 Å². The minimum atomic E-state index is -0.533. The predicted octanol–water partition coefficient (Wildman–Crippen LogP) is 2.14. The summed E-state index contributed by atoms with van der Waals surface area (Å²) in [7, 11) is 0. The maximum Gasteiger partial charge on any atom is 0.272 e. The van der Waals surface area contributed by atoms with Crippen LogP contribution in [0.5, 0.6) is 0 Å². The third-order valence-electron chi connectivity index (χ3n) is 5.21. The summed E-state index contributed by atoms with van der Waals surface area (Å²) in [5, 5.41) is 20.8. The number of benzene rings is 1. The van der Waals surface area contributed by atoms with Crippen molar-refractivity contribution in [3.8, 4) is 0 Å². The summed E-state index contributed by atoms with van der Waals surface area (Å²) < 4.78 is 0. The molecule has 5 nitrogen and oxygen atoms in total. The number of aromatic amines is 1. The van der Waals surface area contributed by atoms with E-state index in [1.807, 2.05) is 30.3 Å². The van der Waals surface area contributed by atoms with Gasteiger partial charge >= 0.3 is 0 Å². The first-order valence-electron chi connectivity index (χ1n) is 8.27. The van der Waals surface area contributed by atoms with Crippen molar-refractivity contribution >= 4 is 5.91 Å². The Morgan fingerprint density at radius 1 is 1.30 bits per heavy atom. The lowest BCUT2D eigenvalue weighted by atomic mass is 9.92. The molecular formula is C18H21N3O2. The number of hydrogen-bond acceptors (Lipinski definition) is 3. The van der Waals surface area contributed by atoms with Gasteiger partial charge in [-0.3, -0.25) is 9.89 Å². The fraction of sp³-hybridized carbons (Fsp3) is 0.444. The molecule has 0 aliphatic heterocycles. The highest BCUT2D eigenvalue weighted by molar-refractivity contribution is 5.94. The summed E-state index contributed by atoms with van der Waals surface area (Å²) in [6, 6.07) is 9.68. The molecule has 2 aliphatic rings. The number of amides is 1. The molecule has 1 heterocycles. The molecule has 4 rings (SSSR count). The predicted molar refractivity (Wildman–Crippen MR) is 86.0 cm³/mol. The second-order valence-corrected chi connectivity index (χ2v) is 6.74. The minimum Gasteiger partial charge on any atom is -0.388 e. The topological polar surface area (TPSA) is 78.0 Å². The van der Waals surface area contributed by atoms with E-state index in [-0.39, 0.29) is 11.3 Å². The number of hydrogen-bond donors (Lipinski definition) is 3. The van der Waals surface area contributed by atoms with Crippen molar-refractivity contribution < 1.29 is 9.90 Å². The quantitative estimate of drug-likeness (QED) is 0.791. The van der Waals surface area contributed by atoms with Crippen molar-refractivity contribution in [2.24, 2.45) is 5.41 Å². The number of carbonyl (C=O) groups is 1. The van der Waals surface area contributed by atoms with Crippen LogP contribution >= 0.6 is 0 Å². The van der Waals surface area contributed by atoms with E-state index in [0.717, 1.165) is 48.9 Å². The van der Waals surface area contributed by atoms with Gasteiger partial charge in [0.05, 0.1) is 6.10 Å². The fourth-order valence-electron chi connectivity index (χ4n) is 3.54. The van der Waals surface area contributed by atoms with Gasteiger partial charge in [-0.15, -0.1) is 0 Å². The average Bonchev–Trinajstić information content (AvgIpc) is 3.04. The molecule has 1 saturated carbocycles. The van der Waals surface area contributed by atoms with E-state index in [4.69, 9.17) is 0 Å². The van der Waals surface area contributed by atoms with Gasteiger partial charge < -0.3 is 10.4 Å². The number of aliphatic hydroxyl groups is 1. The van der Waals surface area contributed by atoms with Gasteiger partial charge in [-0.05, 0) is 37.7 Å². The van der Waals surface area contributed by atoms with Crippen molar-refractivity contribution in [3.05, 3.63) is 52.8 Å². The average molecular weight is 311 g/mol. The number of aliphatic hydroxyl groups excluding tert-OH is 1. The van der Waals surface area contributed by atoms with Crippen LogP contribution in [0.25, 0.3) is 0 Å². The molecular weight excluding hydrogens is 290 g/mol. The monoisotopic (exact) mass is 311 g/mol. The van der Waals surface area contributed by atoms with Crippen LogP contribution in [0.2, 0.25) is 0 Å². The normalized spacial score (nSPS) is 19.2. The fourth-order valence-corrected chi connectivity index (χ4v) is 3.54. The number of nitrogens with one attached hydrogen (secondary N) is 2. The van der Waals surface area contributed by atoms with Crippen LogP contribution in [0, 0.1) is 5.41 Å². The van der Waals surface area contributed by atoms with E-state index in [9.17, 15) is 9.90 Å². The van der Waals surface area contributed by atoms with Crippen molar-refractivity contribution in [1.82, 2.24) is 15.5 Å². The lowest BCUT2D eigenvalue weighted by molar-refractivity contribution is 0.0804. The number of H-pyrrole nitrogens is 1. The van der Waals surface area contributed by atoms with Crippen LogP contribution in [0.15, 0.2) is 30.3 Å². The van der Waals surface area contributed by atoms with Crippen molar-refractivity contribution in [1.29, 1.82) is 0 Å². The maximum absolute atomic E-state index is 12.4. The number of fused-ring (bicyclic) bond motifs is 1. The molecule has 3 N–H and O–H groups in total. The molecule has 0 spiro atoms. The number of carbonyl (C=O) groups excluding carboxylic acids is 1. The zero-order valence-electron chi connectivity index (χ0n) is 13.0. The summed E-state index contributed by atoms with van der Waals surface area (Å²) in [5.74, 6) is -0.129. The number of aromatic nitrogens is 2. The maximum atomic E-state index is 12.4. The zero-order valence-corrected chi connectivity index (χ0v) is 13.0. The molecule has 23 heavy (non-hydrogen) atoms. The van der Waals surface area contributed by atoms with E-state index in [2.05, 4.69) is 15.5 Å². The molecule has 1 amide bonds. The SMILES string of the molecule is O=C(NCC1(C(O)c2ccccc2)CC1)c1n[nH]c2c1CCC2. The molecule has 1 aromatic carbocycles. The van der Waals surface area contributed by atoms with E-state index >= 15 is 0 Å². The Morgan fingerprint density at radius 3 is 2.83 bits per heavy atom. The third kappa shape index (κ3) is 2.55. The van der Waals surface area contributed by atoms with Gasteiger partial charge in [-0.1, -0.05) is 30.3 Å². The molecule has 2 aromatic rings. The lowest BCUT2D eigenvalue weighted by Gasteiger charge is -2.23. The summed E-state index contributed by atoms with van der Waals surface area (Å²) in [4.78, 5) is 12.4. The summed E-state index contributed by atoms with van der Waals surface area (Å²) in [5.41, 5.74) is 3.38. The first-order chi connectivity index (χ1) is 11.2. The van der Waals surface area contributed by atoms with Crippen molar-refractivity contribution in [3.63, 3.8) is 0 Å². The second kappa shape index (κ2) is 5.49. The zero-order chi connectivity index (χ0) is 15.9. The Hall–Kier alpha value is -2.14. The highest BCUT2D eigenvalue weighted by Crippen LogP contribution is 2.54. The van der Waals surface area contributed by atoms with Gasteiger partial charge in [0.1, 0.15) is 0 Å². The lowest BCUT2D eigenvalue weighted by Crippen LogP contribution is -2.34. The highest BCUT2D eigenvalue weighted by Gasteiger charge is 2.49. The van der Waals surface area contributed by atoms with Gasteiger partial charge in [0.2, 0.25) is 0 Å². The molecule has 120 valence electrons. The smallest absolute Gasteiger partial charge is 0.272 e. The van der Waals surface area contributed by atoms with Gasteiger partial charge in [0.25, 0.3) is 5.91 Å². The van der Waals surface area contributed by atoms with Crippen LogP contribution in [-0.4, -0.2) is 27.8 Å². The third-order valence-corrected chi connectivity index (χ3v) is 5.21. The van der Waals surface area contributed by atoms with Crippen molar-refractivity contribution in [2.75, 3.05) is 6.54 Å². The van der Waals surface area contributed by atoms with E-state index in [1.54, 1.807) is 0 Å². The number of aryl methyl sites for hydroxylation is 1. The van der Waals surface area contributed by atoms with E-state index in [0.29, 0.717) is 12.2 Å². The Balaban J connectivity index is 1.43.